The smallest absolute Gasteiger partial charge is 0.0521 e. The third-order valence-corrected chi connectivity index (χ3v) is 3.19. The van der Waals surface area contributed by atoms with Gasteiger partial charge in [0.25, 0.3) is 0 Å². The zero-order valence-electron chi connectivity index (χ0n) is 9.58. The highest BCUT2D eigenvalue weighted by Gasteiger charge is 2.15. The van der Waals surface area contributed by atoms with E-state index in [1.807, 2.05) is 17.9 Å². The maximum Gasteiger partial charge on any atom is 0.0521 e. The quantitative estimate of drug-likeness (QED) is 0.722. The molecule has 15 heavy (non-hydrogen) atoms. The van der Waals surface area contributed by atoms with Gasteiger partial charge in [-0.1, -0.05) is 6.42 Å². The van der Waals surface area contributed by atoms with E-state index in [2.05, 4.69) is 16.6 Å². The van der Waals surface area contributed by atoms with E-state index < -0.39 is 0 Å². The molecule has 0 saturated heterocycles. The molecule has 0 bridgehead atoms. The van der Waals surface area contributed by atoms with Crippen LogP contribution in [0.1, 0.15) is 37.7 Å². The highest BCUT2D eigenvalue weighted by atomic mass is 15.2. The predicted molar refractivity (Wildman–Crippen MR) is 61.8 cm³/mol. The zero-order valence-corrected chi connectivity index (χ0v) is 9.58. The van der Waals surface area contributed by atoms with Gasteiger partial charge in [0.1, 0.15) is 0 Å². The van der Waals surface area contributed by atoms with Gasteiger partial charge in [-0.05, 0) is 44.2 Å². The minimum atomic E-state index is 0.836. The molecule has 1 aliphatic carbocycles. The van der Waals surface area contributed by atoms with Crippen LogP contribution >= 0.6 is 0 Å². The molecular formula is C12H21N3. The molecule has 1 aromatic rings. The van der Waals surface area contributed by atoms with E-state index in [-0.39, 0.29) is 0 Å². The number of aromatic nitrogens is 2. The Kier molecular flexibility index (Phi) is 3.78. The second-order valence-corrected chi connectivity index (χ2v) is 4.56. The van der Waals surface area contributed by atoms with E-state index >= 15 is 0 Å². The average Bonchev–Trinajstić information content (AvgIpc) is 2.54. The molecule has 0 spiro atoms. The number of hydrogen-bond acceptors (Lipinski definition) is 2. The number of hydrogen-bond donors (Lipinski definition) is 1. The molecule has 0 aliphatic heterocycles. The predicted octanol–water partition coefficient (Wildman–Crippen LogP) is 1.88. The lowest BCUT2D eigenvalue weighted by molar-refractivity contribution is 0.338. The van der Waals surface area contributed by atoms with Crippen LogP contribution in [-0.4, -0.2) is 22.4 Å². The molecule has 1 aromatic heterocycles. The van der Waals surface area contributed by atoms with Gasteiger partial charge >= 0.3 is 0 Å². The van der Waals surface area contributed by atoms with E-state index in [9.17, 15) is 0 Å². The molecule has 1 N–H and O–H groups in total. The highest BCUT2D eigenvalue weighted by Crippen LogP contribution is 2.17. The summed E-state index contributed by atoms with van der Waals surface area (Å²) >= 11 is 0. The van der Waals surface area contributed by atoms with Crippen LogP contribution < -0.4 is 5.32 Å². The molecule has 3 heteroatoms. The van der Waals surface area contributed by atoms with E-state index in [0.717, 1.165) is 6.04 Å². The van der Waals surface area contributed by atoms with Gasteiger partial charge in [-0.3, -0.25) is 4.68 Å². The van der Waals surface area contributed by atoms with Crippen molar-refractivity contribution in [2.45, 2.75) is 44.6 Å². The molecule has 0 aromatic carbocycles. The van der Waals surface area contributed by atoms with E-state index in [1.54, 1.807) is 0 Å². The van der Waals surface area contributed by atoms with Gasteiger partial charge < -0.3 is 5.32 Å². The third-order valence-electron chi connectivity index (χ3n) is 3.19. The molecule has 1 saturated carbocycles. The summed E-state index contributed by atoms with van der Waals surface area (Å²) in [6.07, 6.45) is 12.0. The number of rotatable bonds is 6. The van der Waals surface area contributed by atoms with Crippen molar-refractivity contribution in [2.24, 2.45) is 7.05 Å². The van der Waals surface area contributed by atoms with Gasteiger partial charge in [0, 0.05) is 19.3 Å². The maximum atomic E-state index is 4.17. The molecule has 84 valence electrons. The highest BCUT2D eigenvalue weighted by molar-refractivity contribution is 5.03. The van der Waals surface area contributed by atoms with Crippen LogP contribution in [0.25, 0.3) is 0 Å². The van der Waals surface area contributed by atoms with Gasteiger partial charge in [0.2, 0.25) is 0 Å². The molecular weight excluding hydrogens is 186 g/mol. The number of nitrogens with zero attached hydrogens (tertiary/aromatic N) is 2. The zero-order chi connectivity index (χ0) is 10.5. The van der Waals surface area contributed by atoms with Gasteiger partial charge in [-0.15, -0.1) is 0 Å². The first-order valence-corrected chi connectivity index (χ1v) is 6.05. The number of unbranched alkanes of at least 4 members (excludes halogenated alkanes) is 1. The minimum absolute atomic E-state index is 0.836. The second-order valence-electron chi connectivity index (χ2n) is 4.56. The van der Waals surface area contributed by atoms with Crippen molar-refractivity contribution in [3.05, 3.63) is 18.0 Å². The Balaban J connectivity index is 1.51. The van der Waals surface area contributed by atoms with Crippen molar-refractivity contribution in [1.29, 1.82) is 0 Å². The summed E-state index contributed by atoms with van der Waals surface area (Å²) in [5, 5.41) is 7.76. The topological polar surface area (TPSA) is 29.9 Å². The van der Waals surface area contributed by atoms with Crippen molar-refractivity contribution in [2.75, 3.05) is 6.54 Å². The Labute approximate surface area is 91.9 Å². The molecule has 0 atom stereocenters. The number of aryl methyl sites for hydroxylation is 2. The minimum Gasteiger partial charge on any atom is -0.314 e. The normalized spacial score (nSPS) is 16.6. The molecule has 1 heterocycles. The Morgan fingerprint density at radius 1 is 1.47 bits per heavy atom. The summed E-state index contributed by atoms with van der Waals surface area (Å²) in [7, 11) is 1.97. The molecule has 2 rings (SSSR count). The van der Waals surface area contributed by atoms with Crippen LogP contribution in [-0.2, 0) is 13.5 Å². The first-order valence-electron chi connectivity index (χ1n) is 6.05. The SMILES string of the molecule is Cn1cc(CCCCNC2CCC2)cn1. The summed E-state index contributed by atoms with van der Waals surface area (Å²) in [6.45, 7) is 1.19. The molecule has 0 amide bonds. The maximum absolute atomic E-state index is 4.17. The fourth-order valence-electron chi connectivity index (χ4n) is 1.97. The van der Waals surface area contributed by atoms with Gasteiger partial charge in [0.05, 0.1) is 6.20 Å². The molecule has 1 aliphatic rings. The van der Waals surface area contributed by atoms with E-state index in [1.165, 1.54) is 50.6 Å². The largest absolute Gasteiger partial charge is 0.314 e. The van der Waals surface area contributed by atoms with Crippen LogP contribution in [0, 0.1) is 0 Å². The Hall–Kier alpha value is -0.830. The molecule has 0 radical (unpaired) electrons. The van der Waals surface area contributed by atoms with Gasteiger partial charge in [-0.25, -0.2) is 0 Å². The van der Waals surface area contributed by atoms with Gasteiger partial charge in [-0.2, -0.15) is 5.10 Å². The van der Waals surface area contributed by atoms with E-state index in [4.69, 9.17) is 0 Å². The Morgan fingerprint density at radius 2 is 2.33 bits per heavy atom. The van der Waals surface area contributed by atoms with Crippen LogP contribution in [0.3, 0.4) is 0 Å². The van der Waals surface area contributed by atoms with Gasteiger partial charge in [0.15, 0.2) is 0 Å². The second kappa shape index (κ2) is 5.31. The van der Waals surface area contributed by atoms with Crippen molar-refractivity contribution >= 4 is 0 Å². The van der Waals surface area contributed by atoms with Crippen molar-refractivity contribution < 1.29 is 0 Å². The summed E-state index contributed by atoms with van der Waals surface area (Å²) < 4.78 is 1.88. The van der Waals surface area contributed by atoms with Crippen LogP contribution in [0.15, 0.2) is 12.4 Å². The lowest BCUT2D eigenvalue weighted by Crippen LogP contribution is -2.35. The number of nitrogens with one attached hydrogen (secondary N) is 1. The fourth-order valence-corrected chi connectivity index (χ4v) is 1.97. The van der Waals surface area contributed by atoms with Crippen molar-refractivity contribution in [3.63, 3.8) is 0 Å². The molecule has 3 nitrogen and oxygen atoms in total. The average molecular weight is 207 g/mol. The third kappa shape index (κ3) is 3.34. The fraction of sp³-hybridized carbons (Fsp3) is 0.750. The Bertz CT molecular complexity index is 289. The lowest BCUT2D eigenvalue weighted by atomic mass is 9.93. The Morgan fingerprint density at radius 3 is 2.93 bits per heavy atom. The van der Waals surface area contributed by atoms with Crippen LogP contribution in [0.4, 0.5) is 0 Å². The molecule has 1 fully saturated rings. The van der Waals surface area contributed by atoms with Crippen molar-refractivity contribution in [1.82, 2.24) is 15.1 Å². The summed E-state index contributed by atoms with van der Waals surface area (Å²) in [4.78, 5) is 0. The van der Waals surface area contributed by atoms with Crippen molar-refractivity contribution in [3.8, 4) is 0 Å². The summed E-state index contributed by atoms with van der Waals surface area (Å²) in [5.74, 6) is 0. The van der Waals surface area contributed by atoms with Crippen LogP contribution in [0.2, 0.25) is 0 Å². The van der Waals surface area contributed by atoms with Crippen LogP contribution in [0.5, 0.6) is 0 Å². The standard InChI is InChI=1S/C12H21N3/c1-15-10-11(9-14-15)5-2-3-8-13-12-6-4-7-12/h9-10,12-13H,2-8H2,1H3. The van der Waals surface area contributed by atoms with E-state index in [0.29, 0.717) is 0 Å². The lowest BCUT2D eigenvalue weighted by Gasteiger charge is -2.26. The summed E-state index contributed by atoms with van der Waals surface area (Å²) in [6, 6.07) is 0.836. The first kappa shape index (κ1) is 10.7. The summed E-state index contributed by atoms with van der Waals surface area (Å²) in [5.41, 5.74) is 1.36. The first-order chi connectivity index (χ1) is 7.34. The monoisotopic (exact) mass is 207 g/mol. The molecule has 0 unspecified atom stereocenters.